The van der Waals surface area contributed by atoms with Crippen molar-refractivity contribution in [2.75, 3.05) is 12.4 Å². The Labute approximate surface area is 190 Å². The number of hydrogen-bond donors (Lipinski definition) is 0. The number of ether oxygens (including phenoxy) is 1. The van der Waals surface area contributed by atoms with Crippen molar-refractivity contribution in [1.82, 2.24) is 9.55 Å². The largest absolute Gasteiger partial charge is 0.465 e. The third kappa shape index (κ3) is 4.18. The van der Waals surface area contributed by atoms with Crippen LogP contribution in [0, 0.1) is 18.6 Å². The number of nitrogens with zero attached hydrogens (tertiary/aromatic N) is 2. The van der Waals surface area contributed by atoms with E-state index in [1.165, 1.54) is 40.2 Å². The molecule has 0 amide bonds. The first kappa shape index (κ1) is 22.2. The Morgan fingerprint density at radius 1 is 1.19 bits per heavy atom. The van der Waals surface area contributed by atoms with Crippen LogP contribution in [0.3, 0.4) is 0 Å². The molecule has 0 atom stereocenters. The number of carbonyl (C=O) groups is 1. The predicted octanol–water partition coefficient (Wildman–Crippen LogP) is 5.36. The Kier molecular flexibility index (Phi) is 6.38. The van der Waals surface area contributed by atoms with Gasteiger partial charge < -0.3 is 4.74 Å². The molecule has 0 aliphatic heterocycles. The first-order chi connectivity index (χ1) is 15.4. The fourth-order valence-corrected chi connectivity index (χ4v) is 5.29. The molecule has 0 saturated heterocycles. The van der Waals surface area contributed by atoms with E-state index in [0.717, 1.165) is 16.6 Å². The maximum Gasteiger partial charge on any atom is 0.316 e. The lowest BCUT2D eigenvalue weighted by Crippen LogP contribution is -2.22. The second-order valence-corrected chi connectivity index (χ2v) is 8.95. The van der Waals surface area contributed by atoms with Crippen molar-refractivity contribution in [3.8, 4) is 16.8 Å². The molecule has 0 aliphatic carbocycles. The summed E-state index contributed by atoms with van der Waals surface area (Å²) in [7, 11) is 0. The van der Waals surface area contributed by atoms with Crippen LogP contribution in [0.4, 0.5) is 8.78 Å². The van der Waals surface area contributed by atoms with Crippen molar-refractivity contribution >= 4 is 39.3 Å². The van der Waals surface area contributed by atoms with E-state index in [9.17, 15) is 18.4 Å². The Morgan fingerprint density at radius 3 is 2.69 bits per heavy atom. The molecular formula is C23H18F2N2O3S2. The lowest BCUT2D eigenvalue weighted by molar-refractivity contribution is -0.139. The number of aryl methyl sites for hydroxylation is 1. The molecular weight excluding hydrogens is 454 g/mol. The fourth-order valence-electron chi connectivity index (χ4n) is 3.40. The van der Waals surface area contributed by atoms with Gasteiger partial charge in [0.15, 0.2) is 5.16 Å². The van der Waals surface area contributed by atoms with E-state index >= 15 is 0 Å². The minimum atomic E-state index is -0.522. The summed E-state index contributed by atoms with van der Waals surface area (Å²) in [6.07, 6.45) is 0. The molecule has 9 heteroatoms. The number of thiophene rings is 1. The van der Waals surface area contributed by atoms with Crippen LogP contribution in [0.25, 0.3) is 27.0 Å². The van der Waals surface area contributed by atoms with Gasteiger partial charge in [-0.15, -0.1) is 11.3 Å². The molecule has 5 nitrogen and oxygen atoms in total. The van der Waals surface area contributed by atoms with Crippen molar-refractivity contribution in [2.24, 2.45) is 0 Å². The number of carbonyl (C=O) groups excluding carboxylic acids is 1. The minimum absolute atomic E-state index is 0.0639. The highest BCUT2D eigenvalue weighted by Crippen LogP contribution is 2.38. The van der Waals surface area contributed by atoms with E-state index in [0.29, 0.717) is 16.0 Å². The zero-order chi connectivity index (χ0) is 22.8. The van der Waals surface area contributed by atoms with E-state index < -0.39 is 23.2 Å². The third-order valence-electron chi connectivity index (χ3n) is 4.71. The van der Waals surface area contributed by atoms with E-state index in [2.05, 4.69) is 4.98 Å². The Balaban J connectivity index is 1.98. The number of benzene rings is 2. The van der Waals surface area contributed by atoms with Gasteiger partial charge in [0.2, 0.25) is 0 Å². The third-order valence-corrected chi connectivity index (χ3v) is 6.62. The molecule has 0 aliphatic rings. The summed E-state index contributed by atoms with van der Waals surface area (Å²) < 4.78 is 34.8. The number of hydrogen-bond acceptors (Lipinski definition) is 6. The fraction of sp³-hybridized carbons (Fsp3) is 0.174. The van der Waals surface area contributed by atoms with E-state index in [-0.39, 0.29) is 28.6 Å². The standard InChI is InChI=1S/C23H18F2N2O3S2/c1-3-30-18(28)12-31-23-26-21-20(22(29)27(23)15-8-6-7-14(24)11-15)19(13(2)32-21)16-9-4-5-10-17(16)25/h4-11H,3,12H2,1-2H3. The van der Waals surface area contributed by atoms with Gasteiger partial charge in [-0.05, 0) is 38.1 Å². The van der Waals surface area contributed by atoms with Crippen LogP contribution in [0.15, 0.2) is 58.5 Å². The maximum atomic E-state index is 14.6. The van der Waals surface area contributed by atoms with Crippen LogP contribution >= 0.6 is 23.1 Å². The highest BCUT2D eigenvalue weighted by Gasteiger charge is 2.23. The SMILES string of the molecule is CCOC(=O)CSc1nc2sc(C)c(-c3ccccc3F)c2c(=O)n1-c1cccc(F)c1. The molecule has 0 unspecified atom stereocenters. The zero-order valence-electron chi connectivity index (χ0n) is 17.2. The van der Waals surface area contributed by atoms with Gasteiger partial charge in [-0.2, -0.15) is 0 Å². The van der Waals surface area contributed by atoms with Gasteiger partial charge in [-0.25, -0.2) is 13.8 Å². The van der Waals surface area contributed by atoms with E-state index in [1.807, 2.05) is 0 Å². The summed E-state index contributed by atoms with van der Waals surface area (Å²) in [5.74, 6) is -1.49. The van der Waals surface area contributed by atoms with Crippen molar-refractivity contribution in [3.63, 3.8) is 0 Å². The number of halogens is 2. The van der Waals surface area contributed by atoms with Crippen LogP contribution in [-0.2, 0) is 9.53 Å². The number of thioether (sulfide) groups is 1. The number of esters is 1. The van der Waals surface area contributed by atoms with Crippen LogP contribution < -0.4 is 5.56 Å². The highest BCUT2D eigenvalue weighted by molar-refractivity contribution is 7.99. The molecule has 32 heavy (non-hydrogen) atoms. The number of aromatic nitrogens is 2. The minimum Gasteiger partial charge on any atom is -0.465 e. The summed E-state index contributed by atoms with van der Waals surface area (Å²) in [6, 6.07) is 11.8. The van der Waals surface area contributed by atoms with Gasteiger partial charge in [0.1, 0.15) is 16.5 Å². The molecule has 0 N–H and O–H groups in total. The van der Waals surface area contributed by atoms with Gasteiger partial charge in [0.25, 0.3) is 5.56 Å². The molecule has 0 bridgehead atoms. The molecule has 0 radical (unpaired) electrons. The first-order valence-electron chi connectivity index (χ1n) is 9.76. The normalized spacial score (nSPS) is 11.1. The van der Waals surface area contributed by atoms with Gasteiger partial charge in [0.05, 0.1) is 23.4 Å². The average Bonchev–Trinajstić information content (AvgIpc) is 3.09. The maximum absolute atomic E-state index is 14.6. The molecule has 0 spiro atoms. The quantitative estimate of drug-likeness (QED) is 0.215. The highest BCUT2D eigenvalue weighted by atomic mass is 32.2. The van der Waals surface area contributed by atoms with Crippen molar-refractivity contribution in [3.05, 3.63) is 75.4 Å². The molecule has 0 fully saturated rings. The Morgan fingerprint density at radius 2 is 1.97 bits per heavy atom. The van der Waals surface area contributed by atoms with Crippen molar-refractivity contribution < 1.29 is 18.3 Å². The summed E-state index contributed by atoms with van der Waals surface area (Å²) in [5.41, 5.74) is 0.564. The topological polar surface area (TPSA) is 61.2 Å². The van der Waals surface area contributed by atoms with Gasteiger partial charge >= 0.3 is 5.97 Å². The van der Waals surface area contributed by atoms with Crippen LogP contribution in [0.1, 0.15) is 11.8 Å². The molecule has 164 valence electrons. The van der Waals surface area contributed by atoms with Crippen molar-refractivity contribution in [2.45, 2.75) is 19.0 Å². The second-order valence-electron chi connectivity index (χ2n) is 6.80. The molecule has 2 aromatic carbocycles. The predicted molar refractivity (Wildman–Crippen MR) is 123 cm³/mol. The smallest absolute Gasteiger partial charge is 0.316 e. The first-order valence-corrected chi connectivity index (χ1v) is 11.6. The zero-order valence-corrected chi connectivity index (χ0v) is 18.9. The lowest BCUT2D eigenvalue weighted by atomic mass is 10.0. The summed E-state index contributed by atoms with van der Waals surface area (Å²) in [6.45, 7) is 3.73. The number of rotatable bonds is 6. The van der Waals surface area contributed by atoms with Crippen molar-refractivity contribution in [1.29, 1.82) is 0 Å². The van der Waals surface area contributed by atoms with E-state index in [4.69, 9.17) is 4.74 Å². The molecule has 2 heterocycles. The monoisotopic (exact) mass is 472 g/mol. The van der Waals surface area contributed by atoms with Crippen LogP contribution in [-0.4, -0.2) is 27.9 Å². The van der Waals surface area contributed by atoms with Crippen LogP contribution in [0.2, 0.25) is 0 Å². The van der Waals surface area contributed by atoms with Crippen LogP contribution in [0.5, 0.6) is 0 Å². The second kappa shape index (κ2) is 9.22. The summed E-state index contributed by atoms with van der Waals surface area (Å²) >= 11 is 2.29. The lowest BCUT2D eigenvalue weighted by Gasteiger charge is -2.13. The Hall–Kier alpha value is -3.04. The molecule has 2 aromatic heterocycles. The molecule has 4 rings (SSSR count). The van der Waals surface area contributed by atoms with Gasteiger partial charge in [-0.1, -0.05) is 36.0 Å². The Bertz CT molecular complexity index is 1380. The molecule has 0 saturated carbocycles. The average molecular weight is 473 g/mol. The summed E-state index contributed by atoms with van der Waals surface area (Å²) in [4.78, 5) is 31.3. The number of fused-ring (bicyclic) bond motifs is 1. The van der Waals surface area contributed by atoms with E-state index in [1.54, 1.807) is 38.1 Å². The molecule has 4 aromatic rings. The van der Waals surface area contributed by atoms with Gasteiger partial charge in [0, 0.05) is 16.0 Å². The summed E-state index contributed by atoms with van der Waals surface area (Å²) in [5, 5.41) is 0.477. The van der Waals surface area contributed by atoms with Gasteiger partial charge in [-0.3, -0.25) is 14.2 Å².